The molecule has 0 aromatic carbocycles. The van der Waals surface area contributed by atoms with Crippen LogP contribution in [0.3, 0.4) is 0 Å². The highest BCUT2D eigenvalue weighted by Crippen LogP contribution is 2.22. The summed E-state index contributed by atoms with van der Waals surface area (Å²) >= 11 is 0. The van der Waals surface area contributed by atoms with Gasteiger partial charge >= 0.3 is 0 Å². The van der Waals surface area contributed by atoms with Crippen molar-refractivity contribution in [3.8, 4) is 0 Å². The molecule has 3 aromatic rings. The highest BCUT2D eigenvalue weighted by atomic mass is 16.5. The van der Waals surface area contributed by atoms with Crippen molar-refractivity contribution in [1.29, 1.82) is 0 Å². The first kappa shape index (κ1) is 21.9. The van der Waals surface area contributed by atoms with Gasteiger partial charge in [0, 0.05) is 57.5 Å². The van der Waals surface area contributed by atoms with Gasteiger partial charge < -0.3 is 23.3 Å². The van der Waals surface area contributed by atoms with Crippen LogP contribution in [0.4, 0.5) is 0 Å². The maximum Gasteiger partial charge on any atom is 0.289 e. The number of furan rings is 1. The lowest BCUT2D eigenvalue weighted by Crippen LogP contribution is -2.43. The van der Waals surface area contributed by atoms with E-state index < -0.39 is 0 Å². The molecule has 4 rings (SSSR count). The Morgan fingerprint density at radius 2 is 2.06 bits per heavy atom. The van der Waals surface area contributed by atoms with Gasteiger partial charge in [-0.3, -0.25) is 9.59 Å². The Labute approximate surface area is 187 Å². The van der Waals surface area contributed by atoms with Crippen molar-refractivity contribution in [2.24, 2.45) is 0 Å². The molecule has 1 saturated heterocycles. The van der Waals surface area contributed by atoms with Crippen molar-refractivity contribution in [2.75, 3.05) is 19.6 Å². The fraction of sp³-hybridized carbons (Fsp3) is 0.478. The Bertz CT molecular complexity index is 1090. The van der Waals surface area contributed by atoms with Crippen LogP contribution >= 0.6 is 0 Å². The van der Waals surface area contributed by atoms with Crippen LogP contribution in [-0.2, 0) is 17.8 Å². The Kier molecular flexibility index (Phi) is 6.16. The van der Waals surface area contributed by atoms with Gasteiger partial charge in [0.1, 0.15) is 17.3 Å². The van der Waals surface area contributed by atoms with E-state index in [0.717, 1.165) is 29.3 Å². The predicted octanol–water partition coefficient (Wildman–Crippen LogP) is 2.74. The number of carbonyl (C=O) groups excluding carboxylic acids is 2. The fourth-order valence-electron chi connectivity index (χ4n) is 4.31. The smallest absolute Gasteiger partial charge is 0.289 e. The fourth-order valence-corrected chi connectivity index (χ4v) is 4.31. The second-order valence-electron chi connectivity index (χ2n) is 8.32. The third-order valence-corrected chi connectivity index (χ3v) is 6.21. The van der Waals surface area contributed by atoms with E-state index in [1.165, 1.54) is 0 Å². The van der Waals surface area contributed by atoms with Gasteiger partial charge in [0.25, 0.3) is 5.91 Å². The highest BCUT2D eigenvalue weighted by Gasteiger charge is 2.33. The monoisotopic (exact) mass is 439 g/mol. The number of amides is 2. The van der Waals surface area contributed by atoms with Gasteiger partial charge in [0.05, 0.1) is 11.7 Å². The Morgan fingerprint density at radius 3 is 2.72 bits per heavy atom. The molecule has 0 radical (unpaired) electrons. The third kappa shape index (κ3) is 4.46. The molecule has 2 amide bonds. The van der Waals surface area contributed by atoms with Gasteiger partial charge in [0.15, 0.2) is 5.76 Å². The number of rotatable bonds is 7. The van der Waals surface area contributed by atoms with Crippen molar-refractivity contribution in [2.45, 2.75) is 53.1 Å². The van der Waals surface area contributed by atoms with Crippen LogP contribution in [0.5, 0.6) is 0 Å². The summed E-state index contributed by atoms with van der Waals surface area (Å²) in [5, 5.41) is 3.96. The second-order valence-corrected chi connectivity index (χ2v) is 8.32. The first-order chi connectivity index (χ1) is 15.3. The van der Waals surface area contributed by atoms with Gasteiger partial charge in [-0.15, -0.1) is 0 Å². The van der Waals surface area contributed by atoms with Crippen molar-refractivity contribution in [3.63, 3.8) is 0 Å². The molecule has 1 aliphatic rings. The number of aryl methyl sites for hydroxylation is 3. The Morgan fingerprint density at radius 1 is 1.25 bits per heavy atom. The lowest BCUT2D eigenvalue weighted by Gasteiger charge is -2.28. The number of hydrogen-bond donors (Lipinski definition) is 0. The van der Waals surface area contributed by atoms with Crippen LogP contribution in [0, 0.1) is 20.8 Å². The Balaban J connectivity index is 1.38. The van der Waals surface area contributed by atoms with E-state index in [-0.39, 0.29) is 17.9 Å². The van der Waals surface area contributed by atoms with E-state index in [9.17, 15) is 9.59 Å². The summed E-state index contributed by atoms with van der Waals surface area (Å²) in [5.74, 6) is 2.55. The van der Waals surface area contributed by atoms with Crippen molar-refractivity contribution >= 4 is 11.8 Å². The van der Waals surface area contributed by atoms with Crippen molar-refractivity contribution in [1.82, 2.24) is 24.5 Å². The summed E-state index contributed by atoms with van der Waals surface area (Å²) in [5.41, 5.74) is 1.80. The molecule has 1 fully saturated rings. The molecule has 32 heavy (non-hydrogen) atoms. The molecular formula is C23H29N5O4. The van der Waals surface area contributed by atoms with Gasteiger partial charge in [-0.25, -0.2) is 4.98 Å². The van der Waals surface area contributed by atoms with Crippen LogP contribution < -0.4 is 0 Å². The summed E-state index contributed by atoms with van der Waals surface area (Å²) in [6, 6.07) is 3.53. The average molecular weight is 440 g/mol. The van der Waals surface area contributed by atoms with Gasteiger partial charge in [-0.1, -0.05) is 5.16 Å². The number of hydrogen-bond acceptors (Lipinski definition) is 6. The lowest BCUT2D eigenvalue weighted by atomic mass is 10.1. The number of aromatic nitrogens is 3. The molecule has 170 valence electrons. The third-order valence-electron chi connectivity index (χ3n) is 6.21. The van der Waals surface area contributed by atoms with Gasteiger partial charge in [-0.2, -0.15) is 0 Å². The van der Waals surface area contributed by atoms with Gasteiger partial charge in [0.2, 0.25) is 5.91 Å². The molecule has 9 heteroatoms. The molecule has 0 saturated carbocycles. The molecule has 0 spiro atoms. The van der Waals surface area contributed by atoms with Gasteiger partial charge in [-0.05, 0) is 39.3 Å². The first-order valence-corrected chi connectivity index (χ1v) is 10.9. The molecule has 1 unspecified atom stereocenters. The zero-order valence-corrected chi connectivity index (χ0v) is 19.0. The van der Waals surface area contributed by atoms with Crippen LogP contribution in [0.15, 0.2) is 33.5 Å². The average Bonchev–Trinajstić information content (AvgIpc) is 3.54. The molecule has 4 heterocycles. The van der Waals surface area contributed by atoms with Crippen LogP contribution in [-0.4, -0.2) is 62.0 Å². The molecule has 0 bridgehead atoms. The SMILES string of the molecule is CC(=O)N(CCn1ccnc1C)C1CCN(C(=O)c2ccc(Cc3c(C)noc3C)o2)C1. The number of likely N-dealkylation sites (tertiary alicyclic amines) is 1. The molecule has 3 aromatic heterocycles. The van der Waals surface area contributed by atoms with Crippen molar-refractivity contribution < 1.29 is 18.5 Å². The van der Waals surface area contributed by atoms with Crippen LogP contribution in [0.2, 0.25) is 0 Å². The van der Waals surface area contributed by atoms with E-state index in [4.69, 9.17) is 8.94 Å². The summed E-state index contributed by atoms with van der Waals surface area (Å²) in [6.07, 6.45) is 4.95. The molecular weight excluding hydrogens is 410 g/mol. The summed E-state index contributed by atoms with van der Waals surface area (Å²) in [4.78, 5) is 33.2. The number of carbonyl (C=O) groups is 2. The normalized spacial score (nSPS) is 16.0. The highest BCUT2D eigenvalue weighted by molar-refractivity contribution is 5.91. The summed E-state index contributed by atoms with van der Waals surface area (Å²) < 4.78 is 13.1. The Hall–Kier alpha value is -3.36. The molecule has 0 N–H and O–H groups in total. The predicted molar refractivity (Wildman–Crippen MR) is 116 cm³/mol. The minimum absolute atomic E-state index is 0.00276. The largest absolute Gasteiger partial charge is 0.456 e. The maximum absolute atomic E-state index is 13.0. The van der Waals surface area contributed by atoms with Crippen LogP contribution in [0.25, 0.3) is 0 Å². The topological polar surface area (TPSA) is 97.6 Å². The zero-order chi connectivity index (χ0) is 22.8. The molecule has 1 aliphatic heterocycles. The van der Waals surface area contributed by atoms with E-state index in [0.29, 0.717) is 44.1 Å². The number of nitrogens with zero attached hydrogens (tertiary/aromatic N) is 5. The minimum atomic E-state index is -0.147. The second kappa shape index (κ2) is 9.02. The summed E-state index contributed by atoms with van der Waals surface area (Å²) in [7, 11) is 0. The van der Waals surface area contributed by atoms with E-state index >= 15 is 0 Å². The van der Waals surface area contributed by atoms with E-state index in [2.05, 4.69) is 10.1 Å². The lowest BCUT2D eigenvalue weighted by molar-refractivity contribution is -0.131. The standard InChI is InChI=1S/C23H29N5O4/c1-15-21(16(2)32-25-15)13-20-5-6-22(31-20)23(30)27-9-7-19(14-27)28(18(4)29)12-11-26-10-8-24-17(26)3/h5-6,8,10,19H,7,9,11-14H2,1-4H3. The first-order valence-electron chi connectivity index (χ1n) is 10.9. The quantitative estimate of drug-likeness (QED) is 0.562. The maximum atomic E-state index is 13.0. The molecule has 1 atom stereocenters. The minimum Gasteiger partial charge on any atom is -0.456 e. The molecule has 9 nitrogen and oxygen atoms in total. The summed E-state index contributed by atoms with van der Waals surface area (Å²) in [6.45, 7) is 9.64. The zero-order valence-electron chi connectivity index (χ0n) is 19.0. The van der Waals surface area contributed by atoms with E-state index in [1.807, 2.05) is 42.5 Å². The van der Waals surface area contributed by atoms with Crippen molar-refractivity contribution in [3.05, 3.63) is 58.9 Å². The molecule has 0 aliphatic carbocycles. The van der Waals surface area contributed by atoms with E-state index in [1.54, 1.807) is 24.1 Å². The number of imidazole rings is 1. The van der Waals surface area contributed by atoms with Crippen LogP contribution in [0.1, 0.15) is 52.5 Å².